The van der Waals surface area contributed by atoms with Gasteiger partial charge in [-0.25, -0.2) is 9.50 Å². The van der Waals surface area contributed by atoms with Crippen LogP contribution in [0.2, 0.25) is 0 Å². The molecule has 1 aliphatic rings. The summed E-state index contributed by atoms with van der Waals surface area (Å²) in [5.41, 5.74) is 4.61. The molecule has 1 fully saturated rings. The first-order chi connectivity index (χ1) is 13.3. The molecule has 0 saturated carbocycles. The molecule has 0 aliphatic carbocycles. The zero-order valence-electron chi connectivity index (χ0n) is 15.4. The third-order valence-electron chi connectivity index (χ3n) is 5.41. The second-order valence-corrected chi connectivity index (χ2v) is 7.40. The van der Waals surface area contributed by atoms with E-state index >= 15 is 0 Å². The standard InChI is InChI=1S/C21H22N6/c1-15-10-20(27-21(25-15)23-14-24-27)18-5-3-9-26(13-18)12-16-6-7-17-4-2-8-22-19(17)11-16/h2,4,6-8,10-11,14,18H,3,5,9,12-13H2,1H3. The first kappa shape index (κ1) is 16.3. The van der Waals surface area contributed by atoms with Crippen molar-refractivity contribution in [3.8, 4) is 0 Å². The lowest BCUT2D eigenvalue weighted by Gasteiger charge is -2.33. The maximum Gasteiger partial charge on any atom is 0.252 e. The summed E-state index contributed by atoms with van der Waals surface area (Å²) in [6.07, 6.45) is 5.81. The molecular weight excluding hydrogens is 336 g/mol. The van der Waals surface area contributed by atoms with Crippen LogP contribution in [0.3, 0.4) is 0 Å². The van der Waals surface area contributed by atoms with Gasteiger partial charge < -0.3 is 0 Å². The molecule has 136 valence electrons. The lowest BCUT2D eigenvalue weighted by atomic mass is 9.93. The van der Waals surface area contributed by atoms with Crippen LogP contribution in [0.15, 0.2) is 48.9 Å². The van der Waals surface area contributed by atoms with Gasteiger partial charge in [0, 0.05) is 36.3 Å². The van der Waals surface area contributed by atoms with Crippen molar-refractivity contribution in [3.63, 3.8) is 0 Å². The first-order valence-corrected chi connectivity index (χ1v) is 9.49. The summed E-state index contributed by atoms with van der Waals surface area (Å²) >= 11 is 0. The number of hydrogen-bond donors (Lipinski definition) is 0. The summed E-state index contributed by atoms with van der Waals surface area (Å²) < 4.78 is 1.90. The van der Waals surface area contributed by atoms with E-state index in [1.807, 2.05) is 23.7 Å². The van der Waals surface area contributed by atoms with Crippen LogP contribution in [0, 0.1) is 6.92 Å². The van der Waals surface area contributed by atoms with Crippen LogP contribution in [0.25, 0.3) is 16.7 Å². The van der Waals surface area contributed by atoms with Gasteiger partial charge in [0.05, 0.1) is 11.2 Å². The fourth-order valence-electron chi connectivity index (χ4n) is 4.16. The fourth-order valence-corrected chi connectivity index (χ4v) is 4.16. The molecule has 5 rings (SSSR count). The van der Waals surface area contributed by atoms with E-state index in [2.05, 4.69) is 55.3 Å². The van der Waals surface area contributed by atoms with Gasteiger partial charge in [0.25, 0.3) is 5.78 Å². The Morgan fingerprint density at radius 3 is 3.07 bits per heavy atom. The molecule has 0 N–H and O–H groups in total. The number of aryl methyl sites for hydroxylation is 1. The number of nitrogens with zero attached hydrogens (tertiary/aromatic N) is 6. The van der Waals surface area contributed by atoms with E-state index < -0.39 is 0 Å². The highest BCUT2D eigenvalue weighted by Gasteiger charge is 2.24. The highest BCUT2D eigenvalue weighted by Crippen LogP contribution is 2.28. The maximum absolute atomic E-state index is 4.49. The number of rotatable bonds is 3. The van der Waals surface area contributed by atoms with E-state index in [1.54, 1.807) is 6.33 Å². The Balaban J connectivity index is 1.39. The third kappa shape index (κ3) is 3.17. The first-order valence-electron chi connectivity index (χ1n) is 9.49. The molecule has 1 aromatic carbocycles. The van der Waals surface area contributed by atoms with Crippen LogP contribution in [0.1, 0.15) is 35.7 Å². The number of piperidine rings is 1. The Morgan fingerprint density at radius 1 is 1.15 bits per heavy atom. The molecule has 0 bridgehead atoms. The normalized spacial score (nSPS) is 18.3. The van der Waals surface area contributed by atoms with Gasteiger partial charge in [-0.2, -0.15) is 10.1 Å². The summed E-state index contributed by atoms with van der Waals surface area (Å²) in [6, 6.07) is 12.9. The monoisotopic (exact) mass is 358 g/mol. The minimum Gasteiger partial charge on any atom is -0.298 e. The summed E-state index contributed by atoms with van der Waals surface area (Å²) in [5.74, 6) is 1.14. The molecule has 0 radical (unpaired) electrons. The molecule has 0 amide bonds. The average molecular weight is 358 g/mol. The molecule has 27 heavy (non-hydrogen) atoms. The van der Waals surface area contributed by atoms with Gasteiger partial charge in [0.1, 0.15) is 6.33 Å². The van der Waals surface area contributed by atoms with E-state index in [4.69, 9.17) is 0 Å². The molecule has 0 spiro atoms. The minimum absolute atomic E-state index is 0.447. The summed E-state index contributed by atoms with van der Waals surface area (Å²) in [7, 11) is 0. The summed E-state index contributed by atoms with van der Waals surface area (Å²) in [5, 5.41) is 5.59. The Kier molecular flexibility index (Phi) is 4.05. The Hall–Kier alpha value is -2.86. The van der Waals surface area contributed by atoms with Gasteiger partial charge in [-0.1, -0.05) is 18.2 Å². The minimum atomic E-state index is 0.447. The van der Waals surface area contributed by atoms with Gasteiger partial charge in [-0.3, -0.25) is 9.88 Å². The molecule has 4 heterocycles. The zero-order valence-corrected chi connectivity index (χ0v) is 15.4. The van der Waals surface area contributed by atoms with E-state index in [0.717, 1.165) is 30.8 Å². The van der Waals surface area contributed by atoms with E-state index in [1.165, 1.54) is 29.5 Å². The Morgan fingerprint density at radius 2 is 2.11 bits per heavy atom. The molecule has 3 aromatic heterocycles. The van der Waals surface area contributed by atoms with E-state index in [9.17, 15) is 0 Å². The second-order valence-electron chi connectivity index (χ2n) is 7.40. The Labute approximate surface area is 157 Å². The van der Waals surface area contributed by atoms with Crippen LogP contribution in [-0.2, 0) is 6.54 Å². The molecule has 6 heteroatoms. The summed E-state index contributed by atoms with van der Waals surface area (Å²) in [6.45, 7) is 5.13. The van der Waals surface area contributed by atoms with Gasteiger partial charge in [0.15, 0.2) is 0 Å². The topological polar surface area (TPSA) is 59.2 Å². The number of benzene rings is 1. The van der Waals surface area contributed by atoms with Crippen molar-refractivity contribution in [1.82, 2.24) is 29.5 Å². The number of likely N-dealkylation sites (tertiary alicyclic amines) is 1. The fraction of sp³-hybridized carbons (Fsp3) is 0.333. The lowest BCUT2D eigenvalue weighted by molar-refractivity contribution is 0.197. The van der Waals surface area contributed by atoms with Crippen molar-refractivity contribution in [3.05, 3.63) is 65.9 Å². The van der Waals surface area contributed by atoms with Gasteiger partial charge in [-0.15, -0.1) is 0 Å². The van der Waals surface area contributed by atoms with Crippen LogP contribution in [0.5, 0.6) is 0 Å². The highest BCUT2D eigenvalue weighted by molar-refractivity contribution is 5.78. The van der Waals surface area contributed by atoms with Crippen LogP contribution in [-0.4, -0.2) is 42.6 Å². The Bertz CT molecular complexity index is 1100. The van der Waals surface area contributed by atoms with Crippen molar-refractivity contribution in [1.29, 1.82) is 0 Å². The van der Waals surface area contributed by atoms with Crippen molar-refractivity contribution in [2.24, 2.45) is 0 Å². The largest absolute Gasteiger partial charge is 0.298 e. The van der Waals surface area contributed by atoms with Gasteiger partial charge >= 0.3 is 0 Å². The van der Waals surface area contributed by atoms with Crippen LogP contribution < -0.4 is 0 Å². The predicted octanol–water partition coefficient (Wildman–Crippen LogP) is 3.36. The second kappa shape index (κ2) is 6.70. The molecule has 1 aliphatic heterocycles. The highest BCUT2D eigenvalue weighted by atomic mass is 15.3. The lowest BCUT2D eigenvalue weighted by Crippen LogP contribution is -2.34. The van der Waals surface area contributed by atoms with Crippen molar-refractivity contribution in [2.45, 2.75) is 32.2 Å². The van der Waals surface area contributed by atoms with Crippen molar-refractivity contribution >= 4 is 16.7 Å². The van der Waals surface area contributed by atoms with E-state index in [-0.39, 0.29) is 0 Å². The van der Waals surface area contributed by atoms with Crippen molar-refractivity contribution < 1.29 is 0 Å². The molecular formula is C21H22N6. The molecule has 1 saturated heterocycles. The smallest absolute Gasteiger partial charge is 0.252 e. The maximum atomic E-state index is 4.49. The third-order valence-corrected chi connectivity index (χ3v) is 5.41. The van der Waals surface area contributed by atoms with Crippen molar-refractivity contribution in [2.75, 3.05) is 13.1 Å². The SMILES string of the molecule is Cc1cc(C2CCCN(Cc3ccc4cccnc4c3)C2)n2ncnc2n1. The molecule has 4 aromatic rings. The quantitative estimate of drug-likeness (QED) is 0.562. The number of hydrogen-bond acceptors (Lipinski definition) is 5. The number of aromatic nitrogens is 5. The van der Waals surface area contributed by atoms with Gasteiger partial charge in [-0.05, 0) is 50.1 Å². The number of pyridine rings is 1. The number of fused-ring (bicyclic) bond motifs is 2. The molecule has 1 unspecified atom stereocenters. The van der Waals surface area contributed by atoms with Crippen LogP contribution in [0.4, 0.5) is 0 Å². The average Bonchev–Trinajstić information content (AvgIpc) is 3.16. The van der Waals surface area contributed by atoms with Crippen LogP contribution >= 0.6 is 0 Å². The van der Waals surface area contributed by atoms with E-state index in [0.29, 0.717) is 11.7 Å². The molecule has 1 atom stereocenters. The summed E-state index contributed by atoms with van der Waals surface area (Å²) in [4.78, 5) is 15.8. The predicted molar refractivity (Wildman–Crippen MR) is 105 cm³/mol. The molecule has 6 nitrogen and oxygen atoms in total. The zero-order chi connectivity index (χ0) is 18.2. The van der Waals surface area contributed by atoms with Gasteiger partial charge in [0.2, 0.25) is 0 Å².